The lowest BCUT2D eigenvalue weighted by atomic mass is 10.0. The van der Waals surface area contributed by atoms with Crippen LogP contribution in [0.1, 0.15) is 18.4 Å². The van der Waals surface area contributed by atoms with Crippen molar-refractivity contribution in [2.75, 3.05) is 32.7 Å². The third-order valence-electron chi connectivity index (χ3n) is 4.28. The third-order valence-corrected chi connectivity index (χ3v) is 4.28. The number of Topliss-reactive ketones (excluding diaryl/α,β-unsaturated/α-hetero) is 1. The minimum atomic E-state index is 0.211. The van der Waals surface area contributed by atoms with Crippen LogP contribution in [0.2, 0.25) is 0 Å². The normalized spacial score (nSPS) is 26.3. The molecule has 0 bridgehead atoms. The van der Waals surface area contributed by atoms with E-state index in [-0.39, 0.29) is 5.92 Å². The summed E-state index contributed by atoms with van der Waals surface area (Å²) < 4.78 is 0. The largest absolute Gasteiger partial charge is 0.314 e. The molecule has 1 aromatic rings. The first-order valence-electron chi connectivity index (χ1n) is 7.56. The molecular formula is C17H22N2O. The highest BCUT2D eigenvalue weighted by Gasteiger charge is 2.30. The summed E-state index contributed by atoms with van der Waals surface area (Å²) in [5.74, 6) is 0.579. The Morgan fingerprint density at radius 2 is 1.95 bits per heavy atom. The molecule has 3 rings (SSSR count). The van der Waals surface area contributed by atoms with Crippen molar-refractivity contribution in [1.29, 1.82) is 0 Å². The Morgan fingerprint density at radius 3 is 2.70 bits per heavy atom. The van der Waals surface area contributed by atoms with E-state index in [1.165, 1.54) is 0 Å². The van der Waals surface area contributed by atoms with Crippen LogP contribution < -0.4 is 5.32 Å². The van der Waals surface area contributed by atoms with Crippen molar-refractivity contribution >= 4 is 11.9 Å². The minimum Gasteiger partial charge on any atom is -0.314 e. The molecule has 1 N–H and O–H groups in total. The smallest absolute Gasteiger partial charge is 0.163 e. The van der Waals surface area contributed by atoms with E-state index in [2.05, 4.69) is 28.4 Å². The molecule has 106 valence electrons. The second kappa shape index (κ2) is 6.33. The number of nitrogens with one attached hydrogen (secondary N) is 1. The van der Waals surface area contributed by atoms with Crippen LogP contribution in [-0.4, -0.2) is 43.4 Å². The molecule has 2 aliphatic rings. The fourth-order valence-electron chi connectivity index (χ4n) is 3.12. The van der Waals surface area contributed by atoms with Crippen molar-refractivity contribution in [2.24, 2.45) is 5.92 Å². The fourth-order valence-corrected chi connectivity index (χ4v) is 3.12. The maximum Gasteiger partial charge on any atom is 0.163 e. The molecule has 3 nitrogen and oxygen atoms in total. The summed E-state index contributed by atoms with van der Waals surface area (Å²) in [6.07, 6.45) is 4.02. The highest BCUT2D eigenvalue weighted by Crippen LogP contribution is 2.29. The van der Waals surface area contributed by atoms with Crippen LogP contribution in [0.15, 0.2) is 35.9 Å². The summed E-state index contributed by atoms with van der Waals surface area (Å²) in [6, 6.07) is 10.2. The SMILES string of the molecule is O=C1/C(=C/c2ccccc2)CCC1CN1CCNCC1. The standard InChI is InChI=1S/C17H22N2O/c20-17-15(12-14-4-2-1-3-5-14)6-7-16(17)13-19-10-8-18-9-11-19/h1-5,12,16,18H,6-11,13H2/b15-12+. The average molecular weight is 270 g/mol. The van der Waals surface area contributed by atoms with E-state index >= 15 is 0 Å². The van der Waals surface area contributed by atoms with E-state index in [9.17, 15) is 4.79 Å². The van der Waals surface area contributed by atoms with Crippen molar-refractivity contribution in [2.45, 2.75) is 12.8 Å². The summed E-state index contributed by atoms with van der Waals surface area (Å²) in [7, 11) is 0. The molecule has 1 aliphatic heterocycles. The van der Waals surface area contributed by atoms with Crippen LogP contribution >= 0.6 is 0 Å². The van der Waals surface area contributed by atoms with E-state index in [4.69, 9.17) is 0 Å². The molecule has 1 unspecified atom stereocenters. The summed E-state index contributed by atoms with van der Waals surface area (Å²) in [5.41, 5.74) is 2.15. The Morgan fingerprint density at radius 1 is 1.20 bits per heavy atom. The third kappa shape index (κ3) is 3.17. The zero-order valence-electron chi connectivity index (χ0n) is 11.8. The van der Waals surface area contributed by atoms with Gasteiger partial charge in [-0.1, -0.05) is 30.3 Å². The number of ketones is 1. The molecule has 1 heterocycles. The molecule has 1 atom stereocenters. The lowest BCUT2D eigenvalue weighted by Gasteiger charge is -2.28. The fraction of sp³-hybridized carbons (Fsp3) is 0.471. The minimum absolute atomic E-state index is 0.211. The molecule has 1 aliphatic carbocycles. The van der Waals surface area contributed by atoms with Gasteiger partial charge >= 0.3 is 0 Å². The van der Waals surface area contributed by atoms with E-state index < -0.39 is 0 Å². The van der Waals surface area contributed by atoms with Crippen molar-refractivity contribution in [3.05, 3.63) is 41.5 Å². The molecule has 3 heteroatoms. The Kier molecular flexibility index (Phi) is 4.28. The van der Waals surface area contributed by atoms with Gasteiger partial charge in [-0.05, 0) is 30.1 Å². The van der Waals surface area contributed by atoms with Gasteiger partial charge < -0.3 is 10.2 Å². The number of benzene rings is 1. The van der Waals surface area contributed by atoms with Gasteiger partial charge in [0, 0.05) is 38.6 Å². The van der Waals surface area contributed by atoms with Gasteiger partial charge in [-0.15, -0.1) is 0 Å². The first-order valence-corrected chi connectivity index (χ1v) is 7.56. The monoisotopic (exact) mass is 270 g/mol. The second-order valence-electron chi connectivity index (χ2n) is 5.73. The van der Waals surface area contributed by atoms with Crippen LogP contribution in [0.4, 0.5) is 0 Å². The molecule has 0 amide bonds. The van der Waals surface area contributed by atoms with E-state index in [0.29, 0.717) is 5.78 Å². The molecular weight excluding hydrogens is 248 g/mol. The molecule has 20 heavy (non-hydrogen) atoms. The Bertz CT molecular complexity index is 489. The number of nitrogens with zero attached hydrogens (tertiary/aromatic N) is 1. The summed E-state index contributed by atoms with van der Waals surface area (Å²) in [6.45, 7) is 5.18. The van der Waals surface area contributed by atoms with Gasteiger partial charge in [0.25, 0.3) is 0 Å². The molecule has 2 fully saturated rings. The quantitative estimate of drug-likeness (QED) is 0.852. The second-order valence-corrected chi connectivity index (χ2v) is 5.73. The molecule has 1 aromatic carbocycles. The number of piperazine rings is 1. The summed E-state index contributed by atoms with van der Waals surface area (Å²) in [5, 5.41) is 3.35. The number of hydrogen-bond donors (Lipinski definition) is 1. The van der Waals surface area contributed by atoms with Crippen LogP contribution in [-0.2, 0) is 4.79 Å². The number of carbonyl (C=O) groups excluding carboxylic acids is 1. The Hall–Kier alpha value is -1.45. The predicted molar refractivity (Wildman–Crippen MR) is 81.5 cm³/mol. The zero-order valence-corrected chi connectivity index (χ0v) is 11.8. The van der Waals surface area contributed by atoms with Gasteiger partial charge in [0.2, 0.25) is 0 Å². The number of rotatable bonds is 3. The summed E-state index contributed by atoms with van der Waals surface area (Å²) in [4.78, 5) is 14.9. The van der Waals surface area contributed by atoms with Gasteiger partial charge in [0.1, 0.15) is 0 Å². The van der Waals surface area contributed by atoms with E-state index in [1.54, 1.807) is 0 Å². The first kappa shape index (κ1) is 13.5. The van der Waals surface area contributed by atoms with Crippen molar-refractivity contribution < 1.29 is 4.79 Å². The van der Waals surface area contributed by atoms with E-state index in [1.807, 2.05) is 18.2 Å². The molecule has 1 saturated carbocycles. The summed E-state index contributed by atoms with van der Waals surface area (Å²) >= 11 is 0. The number of carbonyl (C=O) groups is 1. The molecule has 1 saturated heterocycles. The Labute approximate surface area is 120 Å². The lowest BCUT2D eigenvalue weighted by molar-refractivity contribution is -0.118. The Balaban J connectivity index is 1.63. The maximum absolute atomic E-state index is 12.5. The maximum atomic E-state index is 12.5. The van der Waals surface area contributed by atoms with Crippen LogP contribution in [0.25, 0.3) is 6.08 Å². The van der Waals surface area contributed by atoms with Gasteiger partial charge in [-0.25, -0.2) is 0 Å². The highest BCUT2D eigenvalue weighted by atomic mass is 16.1. The number of allylic oxidation sites excluding steroid dienone is 1. The molecule has 0 spiro atoms. The lowest BCUT2D eigenvalue weighted by Crippen LogP contribution is -2.45. The van der Waals surface area contributed by atoms with Crippen LogP contribution in [0, 0.1) is 5.92 Å². The average Bonchev–Trinajstić information content (AvgIpc) is 2.83. The van der Waals surface area contributed by atoms with E-state index in [0.717, 1.165) is 56.7 Å². The van der Waals surface area contributed by atoms with Gasteiger partial charge in [0.05, 0.1) is 0 Å². The first-order chi connectivity index (χ1) is 9.83. The molecule has 0 aromatic heterocycles. The molecule has 0 radical (unpaired) electrons. The topological polar surface area (TPSA) is 32.3 Å². The highest BCUT2D eigenvalue weighted by molar-refractivity contribution is 6.03. The van der Waals surface area contributed by atoms with Gasteiger partial charge in [-0.2, -0.15) is 0 Å². The zero-order chi connectivity index (χ0) is 13.8. The predicted octanol–water partition coefficient (Wildman–Crippen LogP) is 1.95. The van der Waals surface area contributed by atoms with Crippen LogP contribution in [0.5, 0.6) is 0 Å². The van der Waals surface area contributed by atoms with Gasteiger partial charge in [0.15, 0.2) is 5.78 Å². The van der Waals surface area contributed by atoms with Crippen molar-refractivity contribution in [1.82, 2.24) is 10.2 Å². The van der Waals surface area contributed by atoms with Crippen molar-refractivity contribution in [3.8, 4) is 0 Å². The number of hydrogen-bond acceptors (Lipinski definition) is 3. The van der Waals surface area contributed by atoms with Gasteiger partial charge in [-0.3, -0.25) is 4.79 Å². The van der Waals surface area contributed by atoms with Crippen molar-refractivity contribution in [3.63, 3.8) is 0 Å². The van der Waals surface area contributed by atoms with Crippen LogP contribution in [0.3, 0.4) is 0 Å².